The van der Waals surface area contributed by atoms with Gasteiger partial charge in [0.25, 0.3) is 0 Å². The molecule has 0 amide bonds. The molecule has 0 spiro atoms. The molecule has 1 N–H and O–H groups in total. The highest BCUT2D eigenvalue weighted by molar-refractivity contribution is 6.31. The summed E-state index contributed by atoms with van der Waals surface area (Å²) in [5.41, 5.74) is 3.57. The summed E-state index contributed by atoms with van der Waals surface area (Å²) >= 11 is 6.16. The number of nitrogens with zero attached hydrogens (tertiary/aromatic N) is 2. The quantitative estimate of drug-likeness (QED) is 0.928. The molecule has 3 nitrogen and oxygen atoms in total. The first-order chi connectivity index (χ1) is 9.34. The van der Waals surface area contributed by atoms with Gasteiger partial charge in [0.15, 0.2) is 0 Å². The van der Waals surface area contributed by atoms with E-state index in [1.54, 1.807) is 6.33 Å². The minimum atomic E-state index is 0.698. The molecule has 19 heavy (non-hydrogen) atoms. The molecule has 0 radical (unpaired) electrons. The maximum Gasteiger partial charge on any atom is 0.133 e. The maximum atomic E-state index is 6.16. The van der Waals surface area contributed by atoms with E-state index in [9.17, 15) is 0 Å². The highest BCUT2D eigenvalue weighted by Gasteiger charge is 2.15. The number of nitrogens with one attached hydrogen (secondary N) is 1. The second-order valence-corrected chi connectivity index (χ2v) is 5.21. The number of hydrogen-bond acceptors (Lipinski definition) is 3. The molecule has 2 aromatic rings. The van der Waals surface area contributed by atoms with Crippen LogP contribution in [0.4, 0.5) is 5.82 Å². The van der Waals surface area contributed by atoms with Crippen molar-refractivity contribution < 1.29 is 0 Å². The van der Waals surface area contributed by atoms with Crippen LogP contribution in [-0.2, 0) is 19.4 Å². The van der Waals surface area contributed by atoms with E-state index in [1.165, 1.54) is 24.1 Å². The molecule has 4 heteroatoms. The summed E-state index contributed by atoms with van der Waals surface area (Å²) in [5.74, 6) is 0.963. The molecule has 0 bridgehead atoms. The van der Waals surface area contributed by atoms with Crippen molar-refractivity contribution in [2.75, 3.05) is 5.32 Å². The van der Waals surface area contributed by atoms with Gasteiger partial charge in [-0.15, -0.1) is 0 Å². The van der Waals surface area contributed by atoms with Crippen LogP contribution in [0.3, 0.4) is 0 Å². The fourth-order valence-electron chi connectivity index (χ4n) is 2.49. The van der Waals surface area contributed by atoms with Crippen LogP contribution in [-0.4, -0.2) is 9.97 Å². The van der Waals surface area contributed by atoms with Gasteiger partial charge in [0.2, 0.25) is 0 Å². The molecule has 1 aromatic heterocycles. The third kappa shape index (κ3) is 2.71. The van der Waals surface area contributed by atoms with Gasteiger partial charge in [-0.2, -0.15) is 0 Å². The lowest BCUT2D eigenvalue weighted by atomic mass is 9.96. The first kappa shape index (κ1) is 12.4. The first-order valence-electron chi connectivity index (χ1n) is 6.64. The van der Waals surface area contributed by atoms with Crippen molar-refractivity contribution >= 4 is 17.4 Å². The summed E-state index contributed by atoms with van der Waals surface area (Å²) < 4.78 is 0. The molecule has 98 valence electrons. The lowest BCUT2D eigenvalue weighted by Gasteiger charge is -2.18. The van der Waals surface area contributed by atoms with Crippen LogP contribution >= 0.6 is 11.6 Å². The second kappa shape index (κ2) is 5.57. The molecular formula is C15H16ClN3. The summed E-state index contributed by atoms with van der Waals surface area (Å²) in [6.07, 6.45) is 6.24. The van der Waals surface area contributed by atoms with E-state index in [0.29, 0.717) is 6.54 Å². The standard InChI is InChI=1S/C15H16ClN3/c16-13-7-3-1-5-11(13)9-17-15-12-6-2-4-8-14(12)18-10-19-15/h1,3,5,7,10H,2,4,6,8-9H2,(H,17,18,19). The van der Waals surface area contributed by atoms with Gasteiger partial charge in [-0.05, 0) is 37.3 Å². The first-order valence-corrected chi connectivity index (χ1v) is 7.02. The van der Waals surface area contributed by atoms with Crippen LogP contribution in [0.5, 0.6) is 0 Å². The fourth-order valence-corrected chi connectivity index (χ4v) is 2.70. The average Bonchev–Trinajstić information content (AvgIpc) is 2.46. The largest absolute Gasteiger partial charge is 0.366 e. The monoisotopic (exact) mass is 273 g/mol. The van der Waals surface area contributed by atoms with Gasteiger partial charge >= 0.3 is 0 Å². The zero-order valence-corrected chi connectivity index (χ0v) is 11.5. The Balaban J connectivity index is 1.79. The Hall–Kier alpha value is -1.61. The Morgan fingerprint density at radius 2 is 1.95 bits per heavy atom. The molecule has 0 saturated carbocycles. The Labute approximate surface area is 118 Å². The van der Waals surface area contributed by atoms with Crippen LogP contribution in [0.1, 0.15) is 29.7 Å². The predicted molar refractivity (Wildman–Crippen MR) is 77.5 cm³/mol. The minimum Gasteiger partial charge on any atom is -0.366 e. The van der Waals surface area contributed by atoms with Crippen molar-refractivity contribution in [3.05, 3.63) is 52.4 Å². The molecule has 0 saturated heterocycles. The van der Waals surface area contributed by atoms with Crippen molar-refractivity contribution in [3.63, 3.8) is 0 Å². The smallest absolute Gasteiger partial charge is 0.133 e. The lowest BCUT2D eigenvalue weighted by molar-refractivity contribution is 0.663. The topological polar surface area (TPSA) is 37.8 Å². The highest BCUT2D eigenvalue weighted by Crippen LogP contribution is 2.25. The summed E-state index contributed by atoms with van der Waals surface area (Å²) in [5, 5.41) is 4.18. The number of halogens is 1. The zero-order valence-electron chi connectivity index (χ0n) is 10.7. The van der Waals surface area contributed by atoms with Crippen molar-refractivity contribution in [2.24, 2.45) is 0 Å². The molecule has 0 aliphatic heterocycles. The van der Waals surface area contributed by atoms with Crippen LogP contribution in [0.2, 0.25) is 5.02 Å². The summed E-state index contributed by atoms with van der Waals surface area (Å²) in [6.45, 7) is 0.698. The number of aromatic nitrogens is 2. The Morgan fingerprint density at radius 3 is 2.84 bits per heavy atom. The molecule has 3 rings (SSSR count). The lowest BCUT2D eigenvalue weighted by Crippen LogP contribution is -2.12. The maximum absolute atomic E-state index is 6.16. The van der Waals surface area contributed by atoms with Crippen LogP contribution in [0, 0.1) is 0 Å². The molecule has 0 unspecified atom stereocenters. The number of fused-ring (bicyclic) bond motifs is 1. The number of aryl methyl sites for hydroxylation is 1. The van der Waals surface area contributed by atoms with Gasteiger partial charge in [0.05, 0.1) is 0 Å². The van der Waals surface area contributed by atoms with Crippen molar-refractivity contribution in [1.82, 2.24) is 9.97 Å². The highest BCUT2D eigenvalue weighted by atomic mass is 35.5. The third-order valence-corrected chi connectivity index (χ3v) is 3.90. The van der Waals surface area contributed by atoms with Crippen molar-refractivity contribution in [1.29, 1.82) is 0 Å². The van der Waals surface area contributed by atoms with Gasteiger partial charge in [-0.3, -0.25) is 0 Å². The molecule has 0 fully saturated rings. The van der Waals surface area contributed by atoms with E-state index in [4.69, 9.17) is 11.6 Å². The molecule has 1 aromatic carbocycles. The molecule has 1 aliphatic rings. The van der Waals surface area contributed by atoms with E-state index < -0.39 is 0 Å². The average molecular weight is 274 g/mol. The van der Waals surface area contributed by atoms with Gasteiger partial charge in [0.1, 0.15) is 12.1 Å². The van der Waals surface area contributed by atoms with Crippen LogP contribution in [0.15, 0.2) is 30.6 Å². The Bertz CT molecular complexity index is 583. The summed E-state index contributed by atoms with van der Waals surface area (Å²) in [6, 6.07) is 7.88. The van der Waals surface area contributed by atoms with Gasteiger partial charge in [-0.25, -0.2) is 9.97 Å². The fraction of sp³-hybridized carbons (Fsp3) is 0.333. The molecule has 1 aliphatic carbocycles. The number of hydrogen-bond donors (Lipinski definition) is 1. The summed E-state index contributed by atoms with van der Waals surface area (Å²) in [7, 11) is 0. The van der Waals surface area contributed by atoms with Gasteiger partial charge in [0, 0.05) is 22.8 Å². The van der Waals surface area contributed by atoms with Gasteiger partial charge in [-0.1, -0.05) is 29.8 Å². The third-order valence-electron chi connectivity index (χ3n) is 3.53. The van der Waals surface area contributed by atoms with Crippen molar-refractivity contribution in [2.45, 2.75) is 32.2 Å². The van der Waals surface area contributed by atoms with Crippen LogP contribution in [0.25, 0.3) is 0 Å². The Kier molecular flexibility index (Phi) is 3.65. The van der Waals surface area contributed by atoms with E-state index in [1.807, 2.05) is 24.3 Å². The Morgan fingerprint density at radius 1 is 1.11 bits per heavy atom. The minimum absolute atomic E-state index is 0.698. The van der Waals surface area contributed by atoms with E-state index in [2.05, 4.69) is 15.3 Å². The SMILES string of the molecule is Clc1ccccc1CNc1ncnc2c1CCCC2. The number of rotatable bonds is 3. The second-order valence-electron chi connectivity index (χ2n) is 4.80. The number of benzene rings is 1. The van der Waals surface area contributed by atoms with Gasteiger partial charge < -0.3 is 5.32 Å². The zero-order chi connectivity index (χ0) is 13.1. The summed E-state index contributed by atoms with van der Waals surface area (Å²) in [4.78, 5) is 8.75. The van der Waals surface area contributed by atoms with E-state index in [0.717, 1.165) is 29.2 Å². The molecule has 0 atom stereocenters. The number of anilines is 1. The predicted octanol–water partition coefficient (Wildman–Crippen LogP) is 3.62. The van der Waals surface area contributed by atoms with Crippen LogP contribution < -0.4 is 5.32 Å². The van der Waals surface area contributed by atoms with E-state index >= 15 is 0 Å². The van der Waals surface area contributed by atoms with Crippen molar-refractivity contribution in [3.8, 4) is 0 Å². The normalized spacial score (nSPS) is 13.9. The molecular weight excluding hydrogens is 258 g/mol. The molecule has 1 heterocycles. The van der Waals surface area contributed by atoms with E-state index in [-0.39, 0.29) is 0 Å².